The predicted octanol–water partition coefficient (Wildman–Crippen LogP) is 13.8. The van der Waals surface area contributed by atoms with E-state index in [9.17, 15) is 14.3 Å². The highest BCUT2D eigenvalue weighted by atomic mass is 31.2. The molecule has 326 valence electrons. The number of nitrogens with two attached hydrogens (primary N) is 1. The molecule has 0 rings (SSSR count). The zero-order chi connectivity index (χ0) is 40.9. The summed E-state index contributed by atoms with van der Waals surface area (Å²) in [6.07, 6.45) is 53.8. The number of hydrogen-bond acceptors (Lipinski definition) is 7. The first kappa shape index (κ1) is 54.2. The van der Waals surface area contributed by atoms with Gasteiger partial charge in [-0.25, -0.2) is 4.57 Å². The molecular formula is C47H86NO7P. The Bertz CT molecular complexity index is 1040. The standard InChI is InChI=1S/C47H86NO7P/c1-3-5-7-9-11-13-15-17-19-21-23-24-26-28-30-32-34-36-38-40-47(49)55-46(45-54-56(50,51)53-43-41-48)44-52-42-39-37-35-33-31-29-27-25-22-20-18-16-14-12-10-8-6-4-2/h5,7,11,13,17-20,23-24,46H,3-4,6,8-10,12,14-16,21-22,25-45,48H2,1-2H3,(H,50,51)/b7-5-,13-11-,19-17-,20-18-,24-23-. The molecule has 0 saturated carbocycles. The molecule has 0 heterocycles. The minimum atomic E-state index is -4.29. The lowest BCUT2D eigenvalue weighted by molar-refractivity contribution is -0.154. The fraction of sp³-hybridized carbons (Fsp3) is 0.766. The van der Waals surface area contributed by atoms with Crippen molar-refractivity contribution in [3.63, 3.8) is 0 Å². The molecule has 8 nitrogen and oxygen atoms in total. The number of carbonyl (C=O) groups excluding carboxylic acids is 1. The number of ether oxygens (including phenoxy) is 2. The Morgan fingerprint density at radius 3 is 1.52 bits per heavy atom. The monoisotopic (exact) mass is 808 g/mol. The van der Waals surface area contributed by atoms with Crippen LogP contribution in [0.4, 0.5) is 0 Å². The van der Waals surface area contributed by atoms with E-state index in [-0.39, 0.29) is 32.3 Å². The van der Waals surface area contributed by atoms with Crippen molar-refractivity contribution in [1.29, 1.82) is 0 Å². The summed E-state index contributed by atoms with van der Waals surface area (Å²) in [5.41, 5.74) is 5.37. The highest BCUT2D eigenvalue weighted by Gasteiger charge is 2.25. The number of rotatable bonds is 43. The van der Waals surface area contributed by atoms with Crippen molar-refractivity contribution in [3.8, 4) is 0 Å². The maximum absolute atomic E-state index is 12.6. The summed E-state index contributed by atoms with van der Waals surface area (Å²) in [4.78, 5) is 22.5. The minimum Gasteiger partial charge on any atom is -0.457 e. The van der Waals surface area contributed by atoms with E-state index in [1.165, 1.54) is 103 Å². The van der Waals surface area contributed by atoms with Gasteiger partial charge in [0.15, 0.2) is 0 Å². The lowest BCUT2D eigenvalue weighted by Crippen LogP contribution is -2.28. The van der Waals surface area contributed by atoms with Crippen molar-refractivity contribution >= 4 is 13.8 Å². The van der Waals surface area contributed by atoms with Crippen LogP contribution in [0.25, 0.3) is 0 Å². The highest BCUT2D eigenvalue weighted by Crippen LogP contribution is 2.43. The molecule has 0 aromatic heterocycles. The maximum atomic E-state index is 12.6. The molecule has 0 aromatic carbocycles. The second-order valence-electron chi connectivity index (χ2n) is 14.9. The molecule has 0 spiro atoms. The topological polar surface area (TPSA) is 117 Å². The molecule has 56 heavy (non-hydrogen) atoms. The lowest BCUT2D eigenvalue weighted by Gasteiger charge is -2.20. The van der Waals surface area contributed by atoms with E-state index in [4.69, 9.17) is 24.3 Å². The van der Waals surface area contributed by atoms with Crippen molar-refractivity contribution in [3.05, 3.63) is 60.8 Å². The van der Waals surface area contributed by atoms with Crippen LogP contribution in [0.2, 0.25) is 0 Å². The third-order valence-corrected chi connectivity index (χ3v) is 10.4. The highest BCUT2D eigenvalue weighted by molar-refractivity contribution is 7.47. The first-order chi connectivity index (χ1) is 27.4. The molecule has 0 radical (unpaired) electrons. The van der Waals surface area contributed by atoms with Gasteiger partial charge < -0.3 is 20.1 Å². The molecule has 9 heteroatoms. The van der Waals surface area contributed by atoms with Gasteiger partial charge in [-0.15, -0.1) is 0 Å². The third-order valence-electron chi connectivity index (χ3n) is 9.42. The Labute approximate surface area is 344 Å². The SMILES string of the molecule is CC/C=C\C/C=C\C/C=C\C/C=C\CCCCCCCCC(=O)OC(COCCCCCCCCCC/C=C\CCCCCCCC)COP(=O)(O)OCCN. The summed E-state index contributed by atoms with van der Waals surface area (Å²) in [5, 5.41) is 0. The van der Waals surface area contributed by atoms with Crippen LogP contribution in [0.3, 0.4) is 0 Å². The molecule has 0 amide bonds. The van der Waals surface area contributed by atoms with Crippen molar-refractivity contribution < 1.29 is 32.8 Å². The first-order valence-electron chi connectivity index (χ1n) is 22.8. The largest absolute Gasteiger partial charge is 0.472 e. The van der Waals surface area contributed by atoms with Crippen LogP contribution in [0.15, 0.2) is 60.8 Å². The molecule has 0 aliphatic heterocycles. The van der Waals surface area contributed by atoms with E-state index in [1.54, 1.807) is 0 Å². The Morgan fingerprint density at radius 2 is 1.00 bits per heavy atom. The zero-order valence-electron chi connectivity index (χ0n) is 36.1. The fourth-order valence-corrected chi connectivity index (χ4v) is 6.87. The molecule has 2 atom stereocenters. The summed E-state index contributed by atoms with van der Waals surface area (Å²) in [7, 11) is -4.29. The molecule has 3 N–H and O–H groups in total. The number of allylic oxidation sites excluding steroid dienone is 10. The average molecular weight is 808 g/mol. The quantitative estimate of drug-likeness (QED) is 0.0271. The number of unbranched alkanes of at least 4 members (excludes halogenated alkanes) is 20. The molecule has 0 aromatic rings. The normalized spacial score (nSPS) is 14.0. The molecule has 0 saturated heterocycles. The van der Waals surface area contributed by atoms with Crippen LogP contribution in [0.1, 0.15) is 194 Å². The van der Waals surface area contributed by atoms with Gasteiger partial charge in [0, 0.05) is 19.6 Å². The molecule has 0 fully saturated rings. The van der Waals surface area contributed by atoms with Crippen LogP contribution in [0, 0.1) is 0 Å². The van der Waals surface area contributed by atoms with Crippen molar-refractivity contribution in [1.82, 2.24) is 0 Å². The first-order valence-corrected chi connectivity index (χ1v) is 24.3. The van der Waals surface area contributed by atoms with Crippen molar-refractivity contribution in [2.75, 3.05) is 33.0 Å². The summed E-state index contributed by atoms with van der Waals surface area (Å²) >= 11 is 0. The van der Waals surface area contributed by atoms with E-state index in [0.29, 0.717) is 13.0 Å². The van der Waals surface area contributed by atoms with E-state index >= 15 is 0 Å². The second kappa shape index (κ2) is 44.3. The number of carbonyl (C=O) groups is 1. The van der Waals surface area contributed by atoms with Gasteiger partial charge in [-0.3, -0.25) is 13.8 Å². The van der Waals surface area contributed by atoms with E-state index in [2.05, 4.69) is 74.6 Å². The van der Waals surface area contributed by atoms with Crippen LogP contribution >= 0.6 is 7.82 Å². The Hall–Kier alpha value is -1.80. The van der Waals surface area contributed by atoms with Crippen LogP contribution < -0.4 is 5.73 Å². The maximum Gasteiger partial charge on any atom is 0.472 e. The lowest BCUT2D eigenvalue weighted by atomic mass is 10.1. The third kappa shape index (κ3) is 43.3. The van der Waals surface area contributed by atoms with Gasteiger partial charge in [-0.2, -0.15) is 0 Å². The molecule has 0 aliphatic carbocycles. The van der Waals surface area contributed by atoms with Gasteiger partial charge in [0.2, 0.25) is 0 Å². The van der Waals surface area contributed by atoms with E-state index in [0.717, 1.165) is 70.6 Å². The van der Waals surface area contributed by atoms with Crippen molar-refractivity contribution in [2.45, 2.75) is 200 Å². The Kier molecular flexibility index (Phi) is 42.9. The number of esters is 1. The molecule has 2 unspecified atom stereocenters. The summed E-state index contributed by atoms with van der Waals surface area (Å²) in [6.45, 7) is 4.78. The van der Waals surface area contributed by atoms with E-state index < -0.39 is 13.9 Å². The molecule has 0 bridgehead atoms. The average Bonchev–Trinajstić information content (AvgIpc) is 3.19. The Morgan fingerprint density at radius 1 is 0.554 bits per heavy atom. The van der Waals surface area contributed by atoms with Gasteiger partial charge in [0.25, 0.3) is 0 Å². The van der Waals surface area contributed by atoms with Gasteiger partial charge in [-0.1, -0.05) is 171 Å². The zero-order valence-corrected chi connectivity index (χ0v) is 37.0. The Balaban J connectivity index is 4.05. The van der Waals surface area contributed by atoms with Gasteiger partial charge in [0.1, 0.15) is 6.10 Å². The number of phosphoric ester groups is 1. The van der Waals surface area contributed by atoms with Crippen molar-refractivity contribution in [2.24, 2.45) is 5.73 Å². The summed E-state index contributed by atoms with van der Waals surface area (Å²) in [5.74, 6) is -0.346. The summed E-state index contributed by atoms with van der Waals surface area (Å²) in [6, 6.07) is 0. The van der Waals surface area contributed by atoms with E-state index in [1.807, 2.05) is 0 Å². The second-order valence-corrected chi connectivity index (χ2v) is 16.3. The molecule has 0 aliphatic rings. The number of hydrogen-bond donors (Lipinski definition) is 2. The smallest absolute Gasteiger partial charge is 0.457 e. The minimum absolute atomic E-state index is 0.0950. The van der Waals surface area contributed by atoms with Gasteiger partial charge in [-0.05, 0) is 77.0 Å². The van der Waals surface area contributed by atoms with Crippen LogP contribution in [-0.2, 0) is 27.9 Å². The fourth-order valence-electron chi connectivity index (χ4n) is 6.10. The van der Waals surface area contributed by atoms with Gasteiger partial charge >= 0.3 is 13.8 Å². The molecular weight excluding hydrogens is 721 g/mol. The number of phosphoric acid groups is 1. The van der Waals surface area contributed by atoms with Gasteiger partial charge in [0.05, 0.1) is 19.8 Å². The van der Waals surface area contributed by atoms with Crippen LogP contribution in [0.5, 0.6) is 0 Å². The predicted molar refractivity (Wildman–Crippen MR) is 238 cm³/mol. The van der Waals surface area contributed by atoms with Crippen LogP contribution in [-0.4, -0.2) is 49.9 Å². The summed E-state index contributed by atoms with van der Waals surface area (Å²) < 4.78 is 33.5.